The Morgan fingerprint density at radius 1 is 1.17 bits per heavy atom. The van der Waals surface area contributed by atoms with Gasteiger partial charge in [-0.2, -0.15) is 0 Å². The third-order valence-electron chi connectivity index (χ3n) is 4.58. The van der Waals surface area contributed by atoms with Crippen LogP contribution in [0.5, 0.6) is 0 Å². The van der Waals surface area contributed by atoms with Gasteiger partial charge in [0.25, 0.3) is 0 Å². The summed E-state index contributed by atoms with van der Waals surface area (Å²) < 4.78 is 27.3. The number of nitrogens with one attached hydrogen (secondary N) is 1. The number of benzene rings is 2. The van der Waals surface area contributed by atoms with E-state index in [0.717, 1.165) is 37.0 Å². The summed E-state index contributed by atoms with van der Waals surface area (Å²) in [5.41, 5.74) is 2.17. The third-order valence-corrected chi connectivity index (χ3v) is 4.58. The quantitative estimate of drug-likeness (QED) is 0.922. The van der Waals surface area contributed by atoms with Crippen molar-refractivity contribution in [2.75, 3.05) is 18.9 Å². The molecule has 1 unspecified atom stereocenters. The van der Waals surface area contributed by atoms with Gasteiger partial charge in [0.1, 0.15) is 17.3 Å². The molecule has 24 heavy (non-hydrogen) atoms. The van der Waals surface area contributed by atoms with Gasteiger partial charge < -0.3 is 10.2 Å². The average Bonchev–Trinajstić information content (AvgIpc) is 2.60. The molecule has 2 aromatic rings. The Bertz CT molecular complexity index is 728. The summed E-state index contributed by atoms with van der Waals surface area (Å²) in [6, 6.07) is 11.7. The standard InChI is InChI=1S/C19H20F2N2O/c1-23(17-11-4-7-13-6-2-3-8-14(13)17)18(24)12-22-19-15(20)9-5-10-16(19)21/h2-3,5-6,8-10,17,22H,4,7,11-12H2,1H3. The van der Waals surface area contributed by atoms with Gasteiger partial charge in [0.2, 0.25) is 5.91 Å². The molecule has 0 saturated carbocycles. The molecule has 126 valence electrons. The first-order valence-corrected chi connectivity index (χ1v) is 8.09. The van der Waals surface area contributed by atoms with E-state index in [9.17, 15) is 13.6 Å². The molecule has 0 saturated heterocycles. The van der Waals surface area contributed by atoms with E-state index in [-0.39, 0.29) is 24.2 Å². The third kappa shape index (κ3) is 3.25. The van der Waals surface area contributed by atoms with E-state index in [2.05, 4.69) is 11.4 Å². The number of fused-ring (bicyclic) bond motifs is 1. The van der Waals surface area contributed by atoms with Crippen LogP contribution in [0.3, 0.4) is 0 Å². The molecule has 1 amide bonds. The van der Waals surface area contributed by atoms with E-state index in [1.807, 2.05) is 18.2 Å². The minimum Gasteiger partial charge on any atom is -0.371 e. The molecule has 0 fully saturated rings. The highest BCUT2D eigenvalue weighted by atomic mass is 19.1. The maximum atomic E-state index is 13.6. The summed E-state index contributed by atoms with van der Waals surface area (Å²) in [5.74, 6) is -1.60. The van der Waals surface area contributed by atoms with Crippen LogP contribution < -0.4 is 5.32 Å². The molecular weight excluding hydrogens is 310 g/mol. The van der Waals surface area contributed by atoms with Gasteiger partial charge in [-0.3, -0.25) is 4.79 Å². The number of nitrogens with zero attached hydrogens (tertiary/aromatic N) is 1. The fourth-order valence-corrected chi connectivity index (χ4v) is 3.26. The Kier molecular flexibility index (Phi) is 4.79. The molecule has 5 heteroatoms. The summed E-state index contributed by atoms with van der Waals surface area (Å²) in [5, 5.41) is 2.58. The van der Waals surface area contributed by atoms with Crippen molar-refractivity contribution in [3.63, 3.8) is 0 Å². The molecular formula is C19H20F2N2O. The first-order chi connectivity index (χ1) is 11.6. The van der Waals surface area contributed by atoms with Crippen molar-refractivity contribution < 1.29 is 13.6 Å². The van der Waals surface area contributed by atoms with E-state index >= 15 is 0 Å². The Morgan fingerprint density at radius 2 is 1.88 bits per heavy atom. The van der Waals surface area contributed by atoms with Gasteiger partial charge in [-0.25, -0.2) is 8.78 Å². The second-order valence-corrected chi connectivity index (χ2v) is 6.06. The van der Waals surface area contributed by atoms with E-state index in [0.29, 0.717) is 0 Å². The number of amides is 1. The number of hydrogen-bond acceptors (Lipinski definition) is 2. The lowest BCUT2D eigenvalue weighted by Gasteiger charge is -2.33. The van der Waals surface area contributed by atoms with Crippen LogP contribution in [-0.4, -0.2) is 24.4 Å². The summed E-state index contributed by atoms with van der Waals surface area (Å²) >= 11 is 0. The lowest BCUT2D eigenvalue weighted by molar-refractivity contribution is -0.130. The zero-order valence-electron chi connectivity index (χ0n) is 13.6. The van der Waals surface area contributed by atoms with Crippen molar-refractivity contribution in [2.45, 2.75) is 25.3 Å². The second-order valence-electron chi connectivity index (χ2n) is 6.06. The number of carbonyl (C=O) groups is 1. The van der Waals surface area contributed by atoms with Crippen LogP contribution in [0.2, 0.25) is 0 Å². The topological polar surface area (TPSA) is 32.3 Å². The molecule has 3 rings (SSSR count). The number of rotatable bonds is 4. The number of aryl methyl sites for hydroxylation is 1. The van der Waals surface area contributed by atoms with E-state index < -0.39 is 11.6 Å². The molecule has 0 spiro atoms. The average molecular weight is 330 g/mol. The van der Waals surface area contributed by atoms with Gasteiger partial charge >= 0.3 is 0 Å². The lowest BCUT2D eigenvalue weighted by Crippen LogP contribution is -2.37. The van der Waals surface area contributed by atoms with Crippen LogP contribution in [0.15, 0.2) is 42.5 Å². The molecule has 1 aliphatic carbocycles. The van der Waals surface area contributed by atoms with Crippen molar-refractivity contribution in [1.29, 1.82) is 0 Å². The number of halogens is 2. The van der Waals surface area contributed by atoms with Gasteiger partial charge in [0.15, 0.2) is 0 Å². The van der Waals surface area contributed by atoms with Gasteiger partial charge in [0, 0.05) is 7.05 Å². The fraction of sp³-hybridized carbons (Fsp3) is 0.316. The van der Waals surface area contributed by atoms with Crippen molar-refractivity contribution in [1.82, 2.24) is 4.90 Å². The summed E-state index contributed by atoms with van der Waals surface area (Å²) in [6.45, 7) is -0.146. The molecule has 0 aromatic heterocycles. The monoisotopic (exact) mass is 330 g/mol. The van der Waals surface area contributed by atoms with Gasteiger partial charge in [-0.05, 0) is 42.5 Å². The van der Waals surface area contributed by atoms with Gasteiger partial charge in [-0.1, -0.05) is 30.3 Å². The zero-order chi connectivity index (χ0) is 17.1. The number of para-hydroxylation sites is 1. The van der Waals surface area contributed by atoms with E-state index in [1.54, 1.807) is 11.9 Å². The van der Waals surface area contributed by atoms with Gasteiger partial charge in [0.05, 0.1) is 12.6 Å². The Balaban J connectivity index is 1.70. The Morgan fingerprint density at radius 3 is 2.62 bits per heavy atom. The summed E-state index contributed by atoms with van der Waals surface area (Å²) in [6.07, 6.45) is 2.94. The maximum Gasteiger partial charge on any atom is 0.242 e. The molecule has 0 radical (unpaired) electrons. The van der Waals surface area contributed by atoms with Gasteiger partial charge in [-0.15, -0.1) is 0 Å². The summed E-state index contributed by atoms with van der Waals surface area (Å²) in [4.78, 5) is 14.1. The first-order valence-electron chi connectivity index (χ1n) is 8.09. The van der Waals surface area contributed by atoms with E-state index in [1.165, 1.54) is 11.6 Å². The minimum atomic E-state index is -0.700. The minimum absolute atomic E-state index is 0.00900. The fourth-order valence-electron chi connectivity index (χ4n) is 3.26. The molecule has 1 atom stereocenters. The zero-order valence-corrected chi connectivity index (χ0v) is 13.6. The lowest BCUT2D eigenvalue weighted by atomic mass is 9.87. The number of carbonyl (C=O) groups excluding carboxylic acids is 1. The van der Waals surface area contributed by atoms with Crippen molar-refractivity contribution in [3.05, 3.63) is 65.2 Å². The smallest absolute Gasteiger partial charge is 0.242 e. The first kappa shape index (κ1) is 16.4. The van der Waals surface area contributed by atoms with Crippen LogP contribution >= 0.6 is 0 Å². The molecule has 2 aromatic carbocycles. The van der Waals surface area contributed by atoms with Crippen LogP contribution in [0.4, 0.5) is 14.5 Å². The second kappa shape index (κ2) is 6.99. The molecule has 1 N–H and O–H groups in total. The van der Waals surface area contributed by atoms with Crippen molar-refractivity contribution in [3.8, 4) is 0 Å². The normalized spacial score (nSPS) is 16.4. The number of likely N-dealkylation sites (N-methyl/N-ethyl adjacent to an activating group) is 1. The number of hydrogen-bond donors (Lipinski definition) is 1. The van der Waals surface area contributed by atoms with Crippen LogP contribution in [-0.2, 0) is 11.2 Å². The Labute approximate surface area is 140 Å². The van der Waals surface area contributed by atoms with Crippen LogP contribution in [0, 0.1) is 11.6 Å². The highest BCUT2D eigenvalue weighted by Gasteiger charge is 2.26. The molecule has 0 bridgehead atoms. The van der Waals surface area contributed by atoms with Crippen molar-refractivity contribution >= 4 is 11.6 Å². The maximum absolute atomic E-state index is 13.6. The molecule has 3 nitrogen and oxygen atoms in total. The molecule has 0 heterocycles. The highest BCUT2D eigenvalue weighted by Crippen LogP contribution is 2.33. The number of anilines is 1. The van der Waals surface area contributed by atoms with Crippen molar-refractivity contribution in [2.24, 2.45) is 0 Å². The molecule has 1 aliphatic rings. The predicted molar refractivity (Wildman–Crippen MR) is 89.7 cm³/mol. The van der Waals surface area contributed by atoms with E-state index in [4.69, 9.17) is 0 Å². The highest BCUT2D eigenvalue weighted by molar-refractivity contribution is 5.81. The molecule has 0 aliphatic heterocycles. The largest absolute Gasteiger partial charge is 0.371 e. The summed E-state index contributed by atoms with van der Waals surface area (Å²) in [7, 11) is 1.74. The SMILES string of the molecule is CN(C(=O)CNc1c(F)cccc1F)C1CCCc2ccccc21. The Hall–Kier alpha value is -2.43. The predicted octanol–water partition coefficient (Wildman–Crippen LogP) is 3.91. The van der Waals surface area contributed by atoms with Crippen LogP contribution in [0.25, 0.3) is 0 Å². The van der Waals surface area contributed by atoms with Crippen LogP contribution in [0.1, 0.15) is 30.0 Å².